The van der Waals surface area contributed by atoms with Crippen molar-refractivity contribution in [3.8, 4) is 0 Å². The number of hydrogen-bond donors (Lipinski definition) is 1. The van der Waals surface area contributed by atoms with Gasteiger partial charge in [0, 0.05) is 32.1 Å². The minimum atomic E-state index is -0.738. The highest BCUT2D eigenvalue weighted by Crippen LogP contribution is 2.34. The number of anilines is 2. The highest BCUT2D eigenvalue weighted by molar-refractivity contribution is 5.90. The fourth-order valence-corrected chi connectivity index (χ4v) is 4.60. The zero-order valence-electron chi connectivity index (χ0n) is 18.6. The Labute approximate surface area is 194 Å². The van der Waals surface area contributed by atoms with Crippen molar-refractivity contribution in [1.82, 2.24) is 20.3 Å². The molecule has 1 N–H and O–H groups in total. The molecule has 0 radical (unpaired) electrons. The van der Waals surface area contributed by atoms with E-state index >= 15 is 8.78 Å². The predicted molar refractivity (Wildman–Crippen MR) is 121 cm³/mol. The summed E-state index contributed by atoms with van der Waals surface area (Å²) in [6, 6.07) is 10.1. The lowest BCUT2D eigenvalue weighted by atomic mass is 10.0. The number of benzene rings is 2. The SMILES string of the molecule is CC(=O)NCC1CN(c2cc(F)c(N3CCC(n4nnc5ccccc54)CC3)c(F)c2)C(=O)O1. The van der Waals surface area contributed by atoms with Crippen molar-refractivity contribution < 1.29 is 23.1 Å². The number of aromatic nitrogens is 3. The van der Waals surface area contributed by atoms with Crippen LogP contribution in [0.3, 0.4) is 0 Å². The highest BCUT2D eigenvalue weighted by atomic mass is 19.1. The van der Waals surface area contributed by atoms with E-state index < -0.39 is 23.8 Å². The monoisotopic (exact) mass is 470 g/mol. The Balaban J connectivity index is 1.28. The van der Waals surface area contributed by atoms with Crippen LogP contribution in [0.5, 0.6) is 0 Å². The van der Waals surface area contributed by atoms with Crippen LogP contribution in [0, 0.1) is 11.6 Å². The third-order valence-electron chi connectivity index (χ3n) is 6.27. The molecule has 11 heteroatoms. The van der Waals surface area contributed by atoms with Crippen molar-refractivity contribution in [2.24, 2.45) is 0 Å². The maximum absolute atomic E-state index is 15.1. The first-order valence-electron chi connectivity index (χ1n) is 11.2. The molecule has 1 aromatic heterocycles. The summed E-state index contributed by atoms with van der Waals surface area (Å²) >= 11 is 0. The number of fused-ring (bicyclic) bond motifs is 1. The average Bonchev–Trinajstić information content (AvgIpc) is 3.41. The number of piperidine rings is 1. The van der Waals surface area contributed by atoms with E-state index in [1.807, 2.05) is 28.9 Å². The summed E-state index contributed by atoms with van der Waals surface area (Å²) < 4.78 is 37.2. The zero-order chi connectivity index (χ0) is 23.8. The summed E-state index contributed by atoms with van der Waals surface area (Å²) in [5, 5.41) is 11.0. The molecule has 178 valence electrons. The average molecular weight is 470 g/mol. The van der Waals surface area contributed by atoms with E-state index in [4.69, 9.17) is 4.74 Å². The number of carbonyl (C=O) groups is 2. The quantitative estimate of drug-likeness (QED) is 0.616. The first kappa shape index (κ1) is 22.1. The van der Waals surface area contributed by atoms with Crippen molar-refractivity contribution in [2.45, 2.75) is 31.9 Å². The molecule has 9 nitrogen and oxygen atoms in total. The third kappa shape index (κ3) is 4.13. The van der Waals surface area contributed by atoms with Gasteiger partial charge in [-0.2, -0.15) is 0 Å². The summed E-state index contributed by atoms with van der Waals surface area (Å²) in [6.45, 7) is 2.49. The first-order chi connectivity index (χ1) is 16.4. The number of amides is 2. The van der Waals surface area contributed by atoms with Gasteiger partial charge in [0.1, 0.15) is 17.3 Å². The number of cyclic esters (lactones) is 1. The van der Waals surface area contributed by atoms with Crippen LogP contribution in [0.15, 0.2) is 36.4 Å². The normalized spacial score (nSPS) is 19.0. The molecule has 3 aromatic rings. The maximum Gasteiger partial charge on any atom is 0.414 e. The van der Waals surface area contributed by atoms with E-state index in [1.54, 1.807) is 4.90 Å². The largest absolute Gasteiger partial charge is 0.442 e. The fourth-order valence-electron chi connectivity index (χ4n) is 4.60. The molecule has 2 saturated heterocycles. The third-order valence-corrected chi connectivity index (χ3v) is 6.27. The molecule has 1 atom stereocenters. The van der Waals surface area contributed by atoms with Crippen LogP contribution in [0.4, 0.5) is 25.0 Å². The van der Waals surface area contributed by atoms with Crippen molar-refractivity contribution in [2.75, 3.05) is 36.0 Å². The minimum absolute atomic E-state index is 0.0815. The molecule has 1 unspecified atom stereocenters. The number of nitrogens with zero attached hydrogens (tertiary/aromatic N) is 5. The van der Waals surface area contributed by atoms with E-state index in [0.717, 1.165) is 23.2 Å². The number of para-hydroxylation sites is 1. The van der Waals surface area contributed by atoms with E-state index in [-0.39, 0.29) is 36.4 Å². The first-order valence-corrected chi connectivity index (χ1v) is 11.2. The Bertz CT molecular complexity index is 1220. The van der Waals surface area contributed by atoms with Crippen molar-refractivity contribution in [3.05, 3.63) is 48.0 Å². The van der Waals surface area contributed by atoms with Gasteiger partial charge in [0.15, 0.2) is 11.6 Å². The Morgan fingerprint density at radius 3 is 2.59 bits per heavy atom. The van der Waals surface area contributed by atoms with E-state index in [2.05, 4.69) is 15.6 Å². The van der Waals surface area contributed by atoms with Gasteiger partial charge in [-0.15, -0.1) is 5.10 Å². The Morgan fingerprint density at radius 1 is 1.18 bits per heavy atom. The van der Waals surface area contributed by atoms with Gasteiger partial charge >= 0.3 is 6.09 Å². The second-order valence-corrected chi connectivity index (χ2v) is 8.55. The Kier molecular flexibility index (Phi) is 5.76. The predicted octanol–water partition coefficient (Wildman–Crippen LogP) is 3.01. The standard InChI is InChI=1S/C23H24F2N6O3/c1-14(32)26-12-17-13-30(23(33)34-17)16-10-18(24)22(19(25)11-16)29-8-6-15(7-9-29)31-21-5-3-2-4-20(21)27-28-31/h2-5,10-11,15,17H,6-9,12-13H2,1H3,(H,26,32). The lowest BCUT2D eigenvalue weighted by molar-refractivity contribution is -0.119. The molecule has 0 saturated carbocycles. The van der Waals surface area contributed by atoms with Crippen LogP contribution >= 0.6 is 0 Å². The van der Waals surface area contributed by atoms with E-state index in [0.29, 0.717) is 25.9 Å². The maximum atomic E-state index is 15.1. The van der Waals surface area contributed by atoms with E-state index in [1.165, 1.54) is 11.8 Å². The van der Waals surface area contributed by atoms with Crippen LogP contribution in [0.25, 0.3) is 11.0 Å². The molecule has 2 aliphatic rings. The van der Waals surface area contributed by atoms with Crippen molar-refractivity contribution >= 4 is 34.4 Å². The molecule has 2 aromatic carbocycles. The topological polar surface area (TPSA) is 92.6 Å². The van der Waals surface area contributed by atoms with Crippen LogP contribution in [0.1, 0.15) is 25.8 Å². The number of rotatable bonds is 5. The van der Waals surface area contributed by atoms with Gasteiger partial charge in [-0.05, 0) is 25.0 Å². The summed E-state index contributed by atoms with van der Waals surface area (Å²) in [7, 11) is 0. The fraction of sp³-hybridized carbons (Fsp3) is 0.391. The number of carbonyl (C=O) groups excluding carboxylic acids is 2. The molecule has 5 rings (SSSR count). The molecular weight excluding hydrogens is 446 g/mol. The smallest absolute Gasteiger partial charge is 0.414 e. The van der Waals surface area contributed by atoms with Gasteiger partial charge < -0.3 is 15.0 Å². The van der Waals surface area contributed by atoms with Gasteiger partial charge in [-0.1, -0.05) is 17.3 Å². The summed E-state index contributed by atoms with van der Waals surface area (Å²) in [5.74, 6) is -1.73. The number of nitrogens with one attached hydrogen (secondary N) is 1. The van der Waals surface area contributed by atoms with Gasteiger partial charge in [-0.25, -0.2) is 18.3 Å². The second-order valence-electron chi connectivity index (χ2n) is 8.55. The molecule has 3 heterocycles. The van der Waals surface area contributed by atoms with Crippen LogP contribution in [-0.4, -0.2) is 59.3 Å². The summed E-state index contributed by atoms with van der Waals surface area (Å²) in [4.78, 5) is 26.1. The number of halogens is 2. The van der Waals surface area contributed by atoms with Crippen LogP contribution in [-0.2, 0) is 9.53 Å². The molecule has 0 bridgehead atoms. The van der Waals surface area contributed by atoms with E-state index in [9.17, 15) is 9.59 Å². The van der Waals surface area contributed by atoms with Crippen molar-refractivity contribution in [3.63, 3.8) is 0 Å². The zero-order valence-corrected chi connectivity index (χ0v) is 18.6. The number of ether oxygens (including phenoxy) is 1. The number of hydrogen-bond acceptors (Lipinski definition) is 6. The van der Waals surface area contributed by atoms with Gasteiger partial charge in [0.2, 0.25) is 5.91 Å². The summed E-state index contributed by atoms with van der Waals surface area (Å²) in [5.41, 5.74) is 1.74. The molecule has 0 aliphatic carbocycles. The van der Waals surface area contributed by atoms with Crippen molar-refractivity contribution in [1.29, 1.82) is 0 Å². The van der Waals surface area contributed by atoms with Crippen LogP contribution in [0.2, 0.25) is 0 Å². The molecular formula is C23H24F2N6O3. The Morgan fingerprint density at radius 2 is 1.88 bits per heavy atom. The molecule has 2 aliphatic heterocycles. The Hall–Kier alpha value is -3.76. The van der Waals surface area contributed by atoms with Gasteiger partial charge in [0.25, 0.3) is 0 Å². The lowest BCUT2D eigenvalue weighted by Crippen LogP contribution is -2.36. The second kappa shape index (κ2) is 8.88. The molecule has 34 heavy (non-hydrogen) atoms. The lowest BCUT2D eigenvalue weighted by Gasteiger charge is -2.34. The summed E-state index contributed by atoms with van der Waals surface area (Å²) in [6.07, 6.45) is 0.0333. The highest BCUT2D eigenvalue weighted by Gasteiger charge is 2.34. The van der Waals surface area contributed by atoms with Crippen LogP contribution < -0.4 is 15.1 Å². The molecule has 0 spiro atoms. The van der Waals surface area contributed by atoms with Gasteiger partial charge in [0.05, 0.1) is 30.3 Å². The van der Waals surface area contributed by atoms with Gasteiger partial charge in [-0.3, -0.25) is 9.69 Å². The minimum Gasteiger partial charge on any atom is -0.442 e. The molecule has 2 amide bonds. The molecule has 2 fully saturated rings.